The lowest BCUT2D eigenvalue weighted by atomic mass is 10.2. The number of hydrogen-bond acceptors (Lipinski definition) is 1. The molecule has 1 aliphatic heterocycles. The first kappa shape index (κ1) is 7.07. The first-order valence-electron chi connectivity index (χ1n) is 4.16. The minimum Gasteiger partial charge on any atom is -0.304 e. The van der Waals surface area contributed by atoms with Gasteiger partial charge in [0.25, 0.3) is 0 Å². The highest BCUT2D eigenvalue weighted by Gasteiger charge is 2.04. The molecular formula is C8H17N. The standard InChI is InChI=1S/C8H17N/c1-2-9-7-5-3-4-6-8-9/h2-8H2,1H3. The van der Waals surface area contributed by atoms with Gasteiger partial charge in [0.1, 0.15) is 0 Å². The molecule has 1 heterocycles. The molecule has 1 aliphatic rings. The third-order valence-corrected chi connectivity index (χ3v) is 2.15. The molecule has 1 heteroatoms. The van der Waals surface area contributed by atoms with Crippen molar-refractivity contribution in [2.75, 3.05) is 19.6 Å². The van der Waals surface area contributed by atoms with Gasteiger partial charge in [0.15, 0.2) is 0 Å². The molecule has 9 heavy (non-hydrogen) atoms. The second-order valence-corrected chi connectivity index (χ2v) is 2.85. The van der Waals surface area contributed by atoms with Crippen LogP contribution in [-0.2, 0) is 0 Å². The highest BCUT2D eigenvalue weighted by molar-refractivity contribution is 4.60. The molecule has 0 amide bonds. The SMILES string of the molecule is CCN1CCCCCC1. The van der Waals surface area contributed by atoms with E-state index in [2.05, 4.69) is 11.8 Å². The van der Waals surface area contributed by atoms with Crippen molar-refractivity contribution in [1.82, 2.24) is 4.90 Å². The van der Waals surface area contributed by atoms with Crippen LogP contribution in [0.2, 0.25) is 0 Å². The number of likely N-dealkylation sites (tertiary alicyclic amines) is 1. The minimum absolute atomic E-state index is 1.25. The second kappa shape index (κ2) is 3.89. The summed E-state index contributed by atoms with van der Waals surface area (Å²) in [7, 11) is 0. The zero-order valence-electron chi connectivity index (χ0n) is 6.40. The highest BCUT2D eigenvalue weighted by atomic mass is 15.1. The van der Waals surface area contributed by atoms with Crippen LogP contribution in [0, 0.1) is 0 Å². The highest BCUT2D eigenvalue weighted by Crippen LogP contribution is 2.08. The van der Waals surface area contributed by atoms with Gasteiger partial charge in [-0.15, -0.1) is 0 Å². The van der Waals surface area contributed by atoms with Gasteiger partial charge in [0.2, 0.25) is 0 Å². The smallest absolute Gasteiger partial charge is 0.00189 e. The zero-order chi connectivity index (χ0) is 6.53. The lowest BCUT2D eigenvalue weighted by Crippen LogP contribution is -2.23. The molecular weight excluding hydrogens is 110 g/mol. The van der Waals surface area contributed by atoms with Gasteiger partial charge in [-0.05, 0) is 32.5 Å². The Labute approximate surface area is 58.0 Å². The monoisotopic (exact) mass is 127 g/mol. The molecule has 0 radical (unpaired) electrons. The molecule has 0 aromatic heterocycles. The molecule has 0 aromatic carbocycles. The molecule has 0 unspecified atom stereocenters. The normalized spacial score (nSPS) is 23.7. The fourth-order valence-electron chi connectivity index (χ4n) is 1.45. The molecule has 0 aliphatic carbocycles. The topological polar surface area (TPSA) is 3.24 Å². The van der Waals surface area contributed by atoms with Crippen LogP contribution in [0.3, 0.4) is 0 Å². The van der Waals surface area contributed by atoms with Crippen molar-refractivity contribution in [3.05, 3.63) is 0 Å². The molecule has 1 saturated heterocycles. The maximum Gasteiger partial charge on any atom is -0.00189 e. The van der Waals surface area contributed by atoms with Crippen LogP contribution in [0.5, 0.6) is 0 Å². The maximum atomic E-state index is 2.55. The summed E-state index contributed by atoms with van der Waals surface area (Å²) in [5, 5.41) is 0. The van der Waals surface area contributed by atoms with E-state index in [1.807, 2.05) is 0 Å². The molecule has 0 bridgehead atoms. The third-order valence-electron chi connectivity index (χ3n) is 2.15. The first-order valence-corrected chi connectivity index (χ1v) is 4.16. The van der Waals surface area contributed by atoms with Crippen LogP contribution in [0.25, 0.3) is 0 Å². The lowest BCUT2D eigenvalue weighted by molar-refractivity contribution is 0.301. The van der Waals surface area contributed by atoms with E-state index >= 15 is 0 Å². The predicted molar refractivity (Wildman–Crippen MR) is 40.6 cm³/mol. The van der Waals surface area contributed by atoms with E-state index < -0.39 is 0 Å². The molecule has 0 spiro atoms. The van der Waals surface area contributed by atoms with E-state index in [1.54, 1.807) is 0 Å². The minimum atomic E-state index is 1.25. The average Bonchev–Trinajstić information content (AvgIpc) is 2.13. The molecule has 0 atom stereocenters. The Morgan fingerprint density at radius 1 is 1.00 bits per heavy atom. The first-order chi connectivity index (χ1) is 4.43. The van der Waals surface area contributed by atoms with E-state index in [4.69, 9.17) is 0 Å². The fourth-order valence-corrected chi connectivity index (χ4v) is 1.45. The molecule has 0 aromatic rings. The van der Waals surface area contributed by atoms with Crippen LogP contribution in [0.15, 0.2) is 0 Å². The van der Waals surface area contributed by atoms with Crippen molar-refractivity contribution in [2.24, 2.45) is 0 Å². The Kier molecular flexibility index (Phi) is 3.05. The summed E-state index contributed by atoms with van der Waals surface area (Å²) in [5.41, 5.74) is 0. The maximum absolute atomic E-state index is 2.55. The molecule has 1 nitrogen and oxygen atoms in total. The van der Waals surface area contributed by atoms with Crippen molar-refractivity contribution < 1.29 is 0 Å². The van der Waals surface area contributed by atoms with E-state index in [0.29, 0.717) is 0 Å². The van der Waals surface area contributed by atoms with Crippen LogP contribution in [0.4, 0.5) is 0 Å². The van der Waals surface area contributed by atoms with Crippen LogP contribution < -0.4 is 0 Å². The van der Waals surface area contributed by atoms with Crippen molar-refractivity contribution >= 4 is 0 Å². The summed E-state index contributed by atoms with van der Waals surface area (Å²) in [4.78, 5) is 2.55. The van der Waals surface area contributed by atoms with Gasteiger partial charge in [0.05, 0.1) is 0 Å². The largest absolute Gasteiger partial charge is 0.304 e. The summed E-state index contributed by atoms with van der Waals surface area (Å²) in [6, 6.07) is 0. The molecule has 0 N–H and O–H groups in total. The van der Waals surface area contributed by atoms with Crippen molar-refractivity contribution in [3.63, 3.8) is 0 Å². The van der Waals surface area contributed by atoms with Gasteiger partial charge >= 0.3 is 0 Å². The zero-order valence-corrected chi connectivity index (χ0v) is 6.40. The Morgan fingerprint density at radius 3 is 2.00 bits per heavy atom. The third kappa shape index (κ3) is 2.35. The number of hydrogen-bond donors (Lipinski definition) is 0. The van der Waals surface area contributed by atoms with E-state index in [9.17, 15) is 0 Å². The Hall–Kier alpha value is -0.0400. The number of rotatable bonds is 1. The Bertz CT molecular complexity index is 63.0. The molecule has 1 fully saturated rings. The summed E-state index contributed by atoms with van der Waals surface area (Å²) >= 11 is 0. The summed E-state index contributed by atoms with van der Waals surface area (Å²) in [5.74, 6) is 0. The molecule has 1 rings (SSSR count). The van der Waals surface area contributed by atoms with Gasteiger partial charge in [-0.2, -0.15) is 0 Å². The summed E-state index contributed by atoms with van der Waals surface area (Å²) in [6.45, 7) is 6.19. The Morgan fingerprint density at radius 2 is 1.56 bits per heavy atom. The summed E-state index contributed by atoms with van der Waals surface area (Å²) in [6.07, 6.45) is 5.76. The van der Waals surface area contributed by atoms with Crippen LogP contribution >= 0.6 is 0 Å². The molecule has 0 saturated carbocycles. The van der Waals surface area contributed by atoms with Gasteiger partial charge in [-0.3, -0.25) is 0 Å². The second-order valence-electron chi connectivity index (χ2n) is 2.85. The number of nitrogens with zero attached hydrogens (tertiary/aromatic N) is 1. The van der Waals surface area contributed by atoms with Crippen LogP contribution in [0.1, 0.15) is 32.6 Å². The van der Waals surface area contributed by atoms with Crippen LogP contribution in [-0.4, -0.2) is 24.5 Å². The van der Waals surface area contributed by atoms with Crippen molar-refractivity contribution in [2.45, 2.75) is 32.6 Å². The van der Waals surface area contributed by atoms with Gasteiger partial charge in [-0.1, -0.05) is 19.8 Å². The van der Waals surface area contributed by atoms with Crippen molar-refractivity contribution in [1.29, 1.82) is 0 Å². The average molecular weight is 127 g/mol. The summed E-state index contributed by atoms with van der Waals surface area (Å²) < 4.78 is 0. The van der Waals surface area contributed by atoms with E-state index in [-0.39, 0.29) is 0 Å². The predicted octanol–water partition coefficient (Wildman–Crippen LogP) is 1.88. The fraction of sp³-hybridized carbons (Fsp3) is 1.00. The molecule has 54 valence electrons. The van der Waals surface area contributed by atoms with Gasteiger partial charge < -0.3 is 4.90 Å². The quantitative estimate of drug-likeness (QED) is 0.520. The van der Waals surface area contributed by atoms with Crippen molar-refractivity contribution in [3.8, 4) is 0 Å². The van der Waals surface area contributed by atoms with Gasteiger partial charge in [-0.25, -0.2) is 0 Å². The van der Waals surface area contributed by atoms with Gasteiger partial charge in [0, 0.05) is 0 Å². The lowest BCUT2D eigenvalue weighted by Gasteiger charge is -2.15. The van der Waals surface area contributed by atoms with E-state index in [0.717, 1.165) is 0 Å². The van der Waals surface area contributed by atoms with E-state index in [1.165, 1.54) is 45.3 Å². The Balaban J connectivity index is 2.18.